The Morgan fingerprint density at radius 3 is 2.58 bits per heavy atom. The summed E-state index contributed by atoms with van der Waals surface area (Å²) in [6, 6.07) is 18.1. The minimum absolute atomic E-state index is 0.134. The van der Waals surface area contributed by atoms with Gasteiger partial charge in [0.05, 0.1) is 31.2 Å². The Hall–Kier alpha value is -3.60. The number of nitrogens with zero attached hydrogens (tertiary/aromatic N) is 2. The highest BCUT2D eigenvalue weighted by Gasteiger charge is 2.38. The van der Waals surface area contributed by atoms with Crippen LogP contribution in [0.25, 0.3) is 0 Å². The first kappa shape index (κ1) is 27.4. The van der Waals surface area contributed by atoms with Crippen LogP contribution in [0, 0.1) is 11.5 Å². The summed E-state index contributed by atoms with van der Waals surface area (Å²) < 4.78 is 5.55. The fraction of sp³-hybridized carbons (Fsp3) is 0.355. The van der Waals surface area contributed by atoms with Crippen molar-refractivity contribution in [2.45, 2.75) is 58.0 Å². The number of rotatable bonds is 8. The number of hydrogen-bond donors (Lipinski definition) is 2. The van der Waals surface area contributed by atoms with Gasteiger partial charge in [0.15, 0.2) is 0 Å². The third-order valence-corrected chi connectivity index (χ3v) is 7.41. The van der Waals surface area contributed by atoms with E-state index in [1.54, 1.807) is 19.5 Å². The van der Waals surface area contributed by atoms with E-state index in [-0.39, 0.29) is 18.1 Å². The van der Waals surface area contributed by atoms with Crippen LogP contribution in [-0.4, -0.2) is 43.7 Å². The molecule has 2 aromatic carbocycles. The number of carbonyl (C=O) groups excluding carboxylic acids is 1. The van der Waals surface area contributed by atoms with Crippen molar-refractivity contribution in [2.24, 2.45) is 0 Å². The van der Waals surface area contributed by atoms with E-state index in [0.29, 0.717) is 6.42 Å². The molecular weight excluding hydrogens is 488 g/mol. The Bertz CT molecular complexity index is 1290. The van der Waals surface area contributed by atoms with E-state index in [1.807, 2.05) is 23.1 Å². The Morgan fingerprint density at radius 1 is 1.13 bits per heavy atom. The highest BCUT2D eigenvalue weighted by Crippen LogP contribution is 2.39. The molecule has 2 N–H and O–H groups in total. The topological polar surface area (TPSA) is 66.5 Å². The molecule has 1 aromatic heterocycles. The summed E-state index contributed by atoms with van der Waals surface area (Å²) in [5.74, 6) is 3.71. The second-order valence-corrected chi connectivity index (χ2v) is 15.4. The molecule has 3 aromatic rings. The number of methoxy groups -OCH3 is 1. The fourth-order valence-electron chi connectivity index (χ4n) is 4.66. The van der Waals surface area contributed by atoms with Gasteiger partial charge in [-0.05, 0) is 72.0 Å². The van der Waals surface area contributed by atoms with Gasteiger partial charge in [0, 0.05) is 18.3 Å². The summed E-state index contributed by atoms with van der Waals surface area (Å²) in [7, 11) is -0.0364. The maximum absolute atomic E-state index is 13.8. The molecule has 0 saturated heterocycles. The number of pyridine rings is 1. The van der Waals surface area contributed by atoms with E-state index in [2.05, 4.69) is 90.0 Å². The van der Waals surface area contributed by atoms with Gasteiger partial charge in [-0.3, -0.25) is 15.1 Å². The van der Waals surface area contributed by atoms with Crippen LogP contribution < -0.4 is 15.4 Å². The average molecular weight is 527 g/mol. The van der Waals surface area contributed by atoms with Crippen LogP contribution in [0.5, 0.6) is 5.75 Å². The van der Waals surface area contributed by atoms with Crippen molar-refractivity contribution < 1.29 is 9.53 Å². The molecular formula is C31H38N4O2Si. The first-order valence-electron chi connectivity index (χ1n) is 13.3. The number of nitrogens with one attached hydrogen (secondary N) is 2. The summed E-state index contributed by atoms with van der Waals surface area (Å²) >= 11 is 0. The molecule has 7 heteroatoms. The van der Waals surface area contributed by atoms with Crippen molar-refractivity contribution in [3.63, 3.8) is 0 Å². The first-order chi connectivity index (χ1) is 18.3. The van der Waals surface area contributed by atoms with E-state index in [1.165, 1.54) is 5.56 Å². The zero-order valence-corrected chi connectivity index (χ0v) is 24.0. The predicted molar refractivity (Wildman–Crippen MR) is 157 cm³/mol. The summed E-state index contributed by atoms with van der Waals surface area (Å²) in [6.07, 6.45) is 6.22. The minimum atomic E-state index is -1.73. The molecule has 0 bridgehead atoms. The van der Waals surface area contributed by atoms with Crippen LogP contribution in [0.2, 0.25) is 19.6 Å². The first-order valence-corrected chi connectivity index (χ1v) is 16.8. The number of unbranched alkanes of at least 4 members (excludes halogenated alkanes) is 1. The molecule has 38 heavy (non-hydrogen) atoms. The van der Waals surface area contributed by atoms with Crippen molar-refractivity contribution in [1.29, 1.82) is 0 Å². The molecule has 2 atom stereocenters. The average Bonchev–Trinajstić information content (AvgIpc) is 2.91. The summed E-state index contributed by atoms with van der Waals surface area (Å²) in [5.41, 5.74) is 8.51. The molecule has 1 aliphatic heterocycles. The number of fused-ring (bicyclic) bond motifs is 1. The summed E-state index contributed by atoms with van der Waals surface area (Å²) in [6.45, 7) is 9.50. The summed E-state index contributed by atoms with van der Waals surface area (Å²) in [5, 5.41) is 7.05. The molecule has 1 amide bonds. The number of benzene rings is 2. The molecule has 0 radical (unpaired) electrons. The van der Waals surface area contributed by atoms with Gasteiger partial charge in [-0.15, -0.1) is 5.54 Å². The van der Waals surface area contributed by atoms with Crippen LogP contribution in [-0.2, 0) is 11.2 Å². The van der Waals surface area contributed by atoms with Gasteiger partial charge in [-0.25, -0.2) is 0 Å². The van der Waals surface area contributed by atoms with Gasteiger partial charge < -0.3 is 15.0 Å². The van der Waals surface area contributed by atoms with Crippen molar-refractivity contribution >= 4 is 25.4 Å². The number of aromatic nitrogens is 1. The Morgan fingerprint density at radius 2 is 1.92 bits per heavy atom. The van der Waals surface area contributed by atoms with Crippen LogP contribution in [0.1, 0.15) is 42.5 Å². The number of ether oxygens (including phenoxy) is 1. The largest absolute Gasteiger partial charge is 0.497 e. The molecule has 2 heterocycles. The Kier molecular flexibility index (Phi) is 8.87. The third kappa shape index (κ3) is 6.83. The third-order valence-electron chi connectivity index (χ3n) is 6.54. The lowest BCUT2D eigenvalue weighted by Gasteiger charge is -2.43. The quantitative estimate of drug-likeness (QED) is 0.217. The molecule has 0 saturated carbocycles. The second kappa shape index (κ2) is 12.3. The van der Waals surface area contributed by atoms with Gasteiger partial charge in [-0.2, -0.15) is 0 Å². The lowest BCUT2D eigenvalue weighted by molar-refractivity contribution is -0.130. The van der Waals surface area contributed by atoms with Crippen LogP contribution in [0.3, 0.4) is 0 Å². The van der Waals surface area contributed by atoms with Crippen molar-refractivity contribution in [3.05, 3.63) is 83.7 Å². The van der Waals surface area contributed by atoms with Gasteiger partial charge in [0.1, 0.15) is 13.8 Å². The maximum Gasteiger partial charge on any atom is 0.299 e. The number of anilines is 2. The molecule has 0 aliphatic carbocycles. The zero-order valence-electron chi connectivity index (χ0n) is 23.0. The van der Waals surface area contributed by atoms with Crippen molar-refractivity contribution in [2.75, 3.05) is 19.0 Å². The maximum atomic E-state index is 13.8. The van der Waals surface area contributed by atoms with E-state index < -0.39 is 8.07 Å². The predicted octanol–water partition coefficient (Wildman–Crippen LogP) is 5.90. The minimum Gasteiger partial charge on any atom is -0.497 e. The molecule has 198 valence electrons. The van der Waals surface area contributed by atoms with Crippen molar-refractivity contribution in [1.82, 2.24) is 15.2 Å². The molecule has 6 nitrogen and oxygen atoms in total. The Labute approximate surface area is 227 Å². The zero-order chi connectivity index (χ0) is 27.1. The van der Waals surface area contributed by atoms with E-state index in [9.17, 15) is 4.79 Å². The van der Waals surface area contributed by atoms with Crippen LogP contribution >= 0.6 is 0 Å². The Balaban J connectivity index is 1.76. The van der Waals surface area contributed by atoms with Gasteiger partial charge in [0.25, 0.3) is 5.91 Å². The standard InChI is InChI=1S/C31H38N4O2Si/c1-6-7-18-33-29-21-24-20-27(37-2)14-15-28(24)31(35(29)30(36)16-19-38(3,4)5)23-10-12-25(13-11-23)34-26-9-8-17-32-22-26/h8-15,17,20,22,29,31,33-34H,6-7,18,21H2,1-5H3/t29-,31?/m1/s1. The number of hydrogen-bond acceptors (Lipinski definition) is 5. The fourth-order valence-corrected chi connectivity index (χ4v) is 5.14. The van der Waals surface area contributed by atoms with Crippen molar-refractivity contribution in [3.8, 4) is 17.2 Å². The van der Waals surface area contributed by atoms with E-state index in [4.69, 9.17) is 4.74 Å². The van der Waals surface area contributed by atoms with E-state index in [0.717, 1.165) is 47.6 Å². The highest BCUT2D eigenvalue weighted by atomic mass is 28.3. The molecule has 0 spiro atoms. The second-order valence-electron chi connectivity index (χ2n) is 10.7. The van der Waals surface area contributed by atoms with Crippen LogP contribution in [0.4, 0.5) is 11.4 Å². The monoisotopic (exact) mass is 526 g/mol. The van der Waals surface area contributed by atoms with Crippen LogP contribution in [0.15, 0.2) is 67.0 Å². The number of carbonyl (C=O) groups is 1. The van der Waals surface area contributed by atoms with Gasteiger partial charge in [-0.1, -0.05) is 51.2 Å². The summed E-state index contributed by atoms with van der Waals surface area (Å²) in [4.78, 5) is 19.9. The van der Waals surface area contributed by atoms with Gasteiger partial charge >= 0.3 is 0 Å². The molecule has 1 unspecified atom stereocenters. The SMILES string of the molecule is CCCCN[C@H]1Cc2cc(OC)ccc2C(c2ccc(Nc3cccnc3)cc2)N1C(=O)C#C[Si](C)(C)C. The lowest BCUT2D eigenvalue weighted by atomic mass is 9.86. The lowest BCUT2D eigenvalue weighted by Crippen LogP contribution is -2.54. The van der Waals surface area contributed by atoms with Gasteiger partial charge in [0.2, 0.25) is 0 Å². The number of amides is 1. The molecule has 0 fully saturated rings. The smallest absolute Gasteiger partial charge is 0.299 e. The normalized spacial score (nSPS) is 16.7. The molecule has 4 rings (SSSR count). The molecule has 1 aliphatic rings. The van der Waals surface area contributed by atoms with E-state index >= 15 is 0 Å². The highest BCUT2D eigenvalue weighted by molar-refractivity contribution is 6.84.